The Balaban J connectivity index is 2.31. The molecule has 1 amide bonds. The van der Waals surface area contributed by atoms with Crippen LogP contribution in [0.3, 0.4) is 0 Å². The summed E-state index contributed by atoms with van der Waals surface area (Å²) in [6, 6.07) is 7.84. The number of carbonyl (C=O) groups is 1. The first-order chi connectivity index (χ1) is 10.0. The average molecular weight is 288 g/mol. The molecule has 0 spiro atoms. The molecular formula is C15H16N2O4. The predicted octanol–water partition coefficient (Wildman–Crippen LogP) is 1.95. The number of aryl methyl sites for hydroxylation is 1. The Morgan fingerprint density at radius 2 is 1.81 bits per heavy atom. The Labute approximate surface area is 121 Å². The van der Waals surface area contributed by atoms with E-state index in [4.69, 9.17) is 9.47 Å². The molecule has 0 bridgehead atoms. The lowest BCUT2D eigenvalue weighted by Gasteiger charge is -2.13. The van der Waals surface area contributed by atoms with Crippen LogP contribution >= 0.6 is 0 Å². The molecule has 2 rings (SSSR count). The third kappa shape index (κ3) is 3.22. The van der Waals surface area contributed by atoms with E-state index in [0.717, 1.165) is 5.56 Å². The van der Waals surface area contributed by atoms with E-state index in [2.05, 4.69) is 10.3 Å². The molecule has 1 aromatic heterocycles. The number of rotatable bonds is 4. The summed E-state index contributed by atoms with van der Waals surface area (Å²) in [6.45, 7) is 1.84. The minimum atomic E-state index is -0.400. The van der Waals surface area contributed by atoms with Crippen molar-refractivity contribution >= 4 is 11.6 Å². The standard InChI is InChI=1S/C15H16N2O4/c1-9-7-12(20-2)13(21-3)8-11(9)17-15(19)10-5-4-6-14(18)16-10/h4-8H,1-3H3,(H,16,18)(H,17,19). The predicted molar refractivity (Wildman–Crippen MR) is 79.3 cm³/mol. The number of nitrogens with one attached hydrogen (secondary N) is 2. The zero-order valence-corrected chi connectivity index (χ0v) is 12.0. The number of aromatic amines is 1. The Morgan fingerprint density at radius 1 is 1.14 bits per heavy atom. The lowest BCUT2D eigenvalue weighted by Crippen LogP contribution is -2.18. The minimum Gasteiger partial charge on any atom is -0.493 e. The third-order valence-electron chi connectivity index (χ3n) is 2.99. The fourth-order valence-electron chi connectivity index (χ4n) is 1.89. The first-order valence-electron chi connectivity index (χ1n) is 6.28. The number of anilines is 1. The quantitative estimate of drug-likeness (QED) is 0.901. The van der Waals surface area contributed by atoms with Gasteiger partial charge in [0.15, 0.2) is 11.5 Å². The van der Waals surface area contributed by atoms with Crippen molar-refractivity contribution in [2.75, 3.05) is 19.5 Å². The van der Waals surface area contributed by atoms with E-state index in [1.54, 1.807) is 19.2 Å². The molecule has 2 N–H and O–H groups in total. The van der Waals surface area contributed by atoms with Crippen molar-refractivity contribution in [3.05, 3.63) is 51.9 Å². The van der Waals surface area contributed by atoms with E-state index in [1.165, 1.54) is 25.3 Å². The highest BCUT2D eigenvalue weighted by Gasteiger charge is 2.12. The van der Waals surface area contributed by atoms with Crippen molar-refractivity contribution in [3.8, 4) is 11.5 Å². The molecule has 0 saturated carbocycles. The Kier molecular flexibility index (Phi) is 4.27. The number of methoxy groups -OCH3 is 2. The Bertz CT molecular complexity index is 722. The molecular weight excluding hydrogens is 272 g/mol. The number of amides is 1. The normalized spacial score (nSPS) is 10.0. The van der Waals surface area contributed by atoms with Crippen molar-refractivity contribution in [2.45, 2.75) is 6.92 Å². The average Bonchev–Trinajstić information content (AvgIpc) is 2.48. The summed E-state index contributed by atoms with van der Waals surface area (Å²) in [5, 5.41) is 2.74. The van der Waals surface area contributed by atoms with Crippen LogP contribution in [0.5, 0.6) is 11.5 Å². The first kappa shape index (κ1) is 14.6. The summed E-state index contributed by atoms with van der Waals surface area (Å²) < 4.78 is 10.4. The van der Waals surface area contributed by atoms with E-state index >= 15 is 0 Å². The second kappa shape index (κ2) is 6.13. The van der Waals surface area contributed by atoms with Gasteiger partial charge in [-0.05, 0) is 24.6 Å². The largest absolute Gasteiger partial charge is 0.493 e. The summed E-state index contributed by atoms with van der Waals surface area (Å²) in [5.74, 6) is 0.698. The summed E-state index contributed by atoms with van der Waals surface area (Å²) in [5.41, 5.74) is 1.27. The fraction of sp³-hybridized carbons (Fsp3) is 0.200. The van der Waals surface area contributed by atoms with Gasteiger partial charge in [-0.15, -0.1) is 0 Å². The molecule has 6 heteroatoms. The molecule has 0 aliphatic carbocycles. The smallest absolute Gasteiger partial charge is 0.272 e. The lowest BCUT2D eigenvalue weighted by atomic mass is 10.1. The first-order valence-corrected chi connectivity index (χ1v) is 6.28. The van der Waals surface area contributed by atoms with Crippen LogP contribution in [-0.2, 0) is 0 Å². The van der Waals surface area contributed by atoms with Crippen LogP contribution in [-0.4, -0.2) is 25.1 Å². The van der Waals surface area contributed by atoms with Crippen LogP contribution in [0.2, 0.25) is 0 Å². The summed E-state index contributed by atoms with van der Waals surface area (Å²) in [7, 11) is 3.07. The molecule has 110 valence electrons. The van der Waals surface area contributed by atoms with Gasteiger partial charge in [0.05, 0.1) is 14.2 Å². The third-order valence-corrected chi connectivity index (χ3v) is 2.99. The van der Waals surface area contributed by atoms with Gasteiger partial charge in [0.2, 0.25) is 5.56 Å². The van der Waals surface area contributed by atoms with Crippen LogP contribution in [0.1, 0.15) is 16.1 Å². The molecule has 0 fully saturated rings. The molecule has 0 aliphatic rings. The summed E-state index contributed by atoms with van der Waals surface area (Å²) in [4.78, 5) is 25.8. The van der Waals surface area contributed by atoms with Crippen LogP contribution in [0.25, 0.3) is 0 Å². The molecule has 0 unspecified atom stereocenters. The van der Waals surface area contributed by atoms with Crippen LogP contribution in [0.4, 0.5) is 5.69 Å². The van der Waals surface area contributed by atoms with Gasteiger partial charge in [0, 0.05) is 17.8 Å². The van der Waals surface area contributed by atoms with Crippen molar-refractivity contribution < 1.29 is 14.3 Å². The van der Waals surface area contributed by atoms with E-state index < -0.39 is 5.91 Å². The monoisotopic (exact) mass is 288 g/mol. The zero-order valence-electron chi connectivity index (χ0n) is 12.0. The number of hydrogen-bond donors (Lipinski definition) is 2. The maximum Gasteiger partial charge on any atom is 0.272 e. The van der Waals surface area contributed by atoms with Gasteiger partial charge in [0.1, 0.15) is 5.69 Å². The molecule has 2 aromatic rings. The zero-order chi connectivity index (χ0) is 15.4. The number of hydrogen-bond acceptors (Lipinski definition) is 4. The Morgan fingerprint density at radius 3 is 2.43 bits per heavy atom. The molecule has 21 heavy (non-hydrogen) atoms. The highest BCUT2D eigenvalue weighted by Crippen LogP contribution is 2.32. The van der Waals surface area contributed by atoms with Gasteiger partial charge in [-0.3, -0.25) is 9.59 Å². The van der Waals surface area contributed by atoms with Crippen molar-refractivity contribution in [2.24, 2.45) is 0 Å². The van der Waals surface area contributed by atoms with Gasteiger partial charge in [-0.1, -0.05) is 6.07 Å². The number of aromatic nitrogens is 1. The lowest BCUT2D eigenvalue weighted by molar-refractivity contribution is 0.102. The van der Waals surface area contributed by atoms with Crippen LogP contribution in [0, 0.1) is 6.92 Å². The fourth-order valence-corrected chi connectivity index (χ4v) is 1.89. The molecule has 0 aliphatic heterocycles. The maximum absolute atomic E-state index is 12.1. The molecule has 6 nitrogen and oxygen atoms in total. The molecule has 1 heterocycles. The number of H-pyrrole nitrogens is 1. The summed E-state index contributed by atoms with van der Waals surface area (Å²) in [6.07, 6.45) is 0. The molecule has 1 aromatic carbocycles. The van der Waals surface area contributed by atoms with Gasteiger partial charge < -0.3 is 19.8 Å². The van der Waals surface area contributed by atoms with Crippen LogP contribution in [0.15, 0.2) is 35.1 Å². The van der Waals surface area contributed by atoms with Gasteiger partial charge >= 0.3 is 0 Å². The van der Waals surface area contributed by atoms with Crippen molar-refractivity contribution in [1.29, 1.82) is 0 Å². The van der Waals surface area contributed by atoms with Crippen molar-refractivity contribution in [1.82, 2.24) is 4.98 Å². The van der Waals surface area contributed by atoms with Crippen molar-refractivity contribution in [3.63, 3.8) is 0 Å². The molecule has 0 atom stereocenters. The topological polar surface area (TPSA) is 80.4 Å². The summed E-state index contributed by atoms with van der Waals surface area (Å²) >= 11 is 0. The second-order valence-corrected chi connectivity index (χ2v) is 4.40. The van der Waals surface area contributed by atoms with Gasteiger partial charge in [-0.2, -0.15) is 0 Å². The van der Waals surface area contributed by atoms with E-state index in [-0.39, 0.29) is 11.3 Å². The maximum atomic E-state index is 12.1. The minimum absolute atomic E-state index is 0.191. The number of carbonyl (C=O) groups excluding carboxylic acids is 1. The van der Waals surface area contributed by atoms with E-state index in [0.29, 0.717) is 17.2 Å². The number of ether oxygens (including phenoxy) is 2. The van der Waals surface area contributed by atoms with Crippen LogP contribution < -0.4 is 20.3 Å². The van der Waals surface area contributed by atoms with E-state index in [9.17, 15) is 9.59 Å². The molecule has 0 saturated heterocycles. The Hall–Kier alpha value is -2.76. The number of pyridine rings is 1. The number of benzene rings is 1. The SMILES string of the molecule is COc1cc(C)c(NC(=O)c2cccc(=O)[nH]2)cc1OC. The molecule has 0 radical (unpaired) electrons. The second-order valence-electron chi connectivity index (χ2n) is 4.40. The van der Waals surface area contributed by atoms with Gasteiger partial charge in [0.25, 0.3) is 5.91 Å². The highest BCUT2D eigenvalue weighted by molar-refractivity contribution is 6.03. The highest BCUT2D eigenvalue weighted by atomic mass is 16.5. The van der Waals surface area contributed by atoms with E-state index in [1.807, 2.05) is 6.92 Å². The van der Waals surface area contributed by atoms with Gasteiger partial charge in [-0.25, -0.2) is 0 Å².